The number of benzene rings is 1. The molecular formula is C20H24N2O3. The predicted octanol–water partition coefficient (Wildman–Crippen LogP) is 3.21. The third-order valence-corrected chi connectivity index (χ3v) is 6.72. The number of urea groups is 1. The van der Waals surface area contributed by atoms with Crippen molar-refractivity contribution in [2.24, 2.45) is 17.8 Å². The number of hydrogen-bond donors (Lipinski definition) is 2. The number of amides is 2. The summed E-state index contributed by atoms with van der Waals surface area (Å²) in [4.78, 5) is 14.7. The van der Waals surface area contributed by atoms with E-state index in [0.29, 0.717) is 17.8 Å². The van der Waals surface area contributed by atoms with E-state index in [1.54, 1.807) is 0 Å². The molecule has 2 bridgehead atoms. The molecule has 2 amide bonds. The Morgan fingerprint density at radius 3 is 2.88 bits per heavy atom. The minimum Gasteiger partial charge on any atom is -0.459 e. The highest BCUT2D eigenvalue weighted by Crippen LogP contribution is 2.54. The van der Waals surface area contributed by atoms with Gasteiger partial charge in [0.1, 0.15) is 11.3 Å². The molecule has 1 aromatic carbocycles. The van der Waals surface area contributed by atoms with Crippen LogP contribution in [0.1, 0.15) is 37.1 Å². The second kappa shape index (κ2) is 5.24. The van der Waals surface area contributed by atoms with Crippen molar-refractivity contribution in [3.05, 3.63) is 35.6 Å². The Morgan fingerprint density at radius 1 is 1.32 bits per heavy atom. The van der Waals surface area contributed by atoms with Crippen LogP contribution < -0.4 is 5.32 Å². The monoisotopic (exact) mass is 340 g/mol. The van der Waals surface area contributed by atoms with E-state index < -0.39 is 0 Å². The quantitative estimate of drug-likeness (QED) is 0.882. The smallest absolute Gasteiger partial charge is 0.318 e. The Kier molecular flexibility index (Phi) is 3.20. The van der Waals surface area contributed by atoms with Crippen molar-refractivity contribution >= 4 is 17.0 Å². The zero-order valence-corrected chi connectivity index (χ0v) is 14.6. The van der Waals surface area contributed by atoms with E-state index in [-0.39, 0.29) is 24.2 Å². The number of hydrogen-bond acceptors (Lipinski definition) is 3. The number of rotatable bonds is 2. The van der Waals surface area contributed by atoms with E-state index in [1.807, 2.05) is 43.0 Å². The molecule has 25 heavy (non-hydrogen) atoms. The van der Waals surface area contributed by atoms with E-state index >= 15 is 0 Å². The average Bonchev–Trinajstić information content (AvgIpc) is 3.29. The number of para-hydroxylation sites is 1. The summed E-state index contributed by atoms with van der Waals surface area (Å²) in [5.41, 5.74) is 1.93. The number of furan rings is 1. The topological polar surface area (TPSA) is 65.7 Å². The molecule has 1 aliphatic heterocycles. The van der Waals surface area contributed by atoms with Crippen LogP contribution in [-0.4, -0.2) is 34.7 Å². The van der Waals surface area contributed by atoms with Gasteiger partial charge in [0, 0.05) is 17.5 Å². The largest absolute Gasteiger partial charge is 0.459 e. The molecule has 6 atom stereocenters. The van der Waals surface area contributed by atoms with Crippen molar-refractivity contribution in [3.8, 4) is 0 Å². The van der Waals surface area contributed by atoms with Gasteiger partial charge >= 0.3 is 6.03 Å². The number of nitrogens with one attached hydrogen (secondary N) is 1. The molecule has 2 N–H and O–H groups in total. The normalized spacial score (nSPS) is 34.0. The maximum Gasteiger partial charge on any atom is 0.318 e. The van der Waals surface area contributed by atoms with Crippen LogP contribution in [0.15, 0.2) is 28.7 Å². The van der Waals surface area contributed by atoms with Crippen LogP contribution in [0.5, 0.6) is 0 Å². The van der Waals surface area contributed by atoms with Crippen molar-refractivity contribution in [2.45, 2.75) is 44.9 Å². The van der Waals surface area contributed by atoms with Crippen molar-refractivity contribution in [1.29, 1.82) is 0 Å². The molecule has 2 aliphatic carbocycles. The maximum absolute atomic E-state index is 12.9. The number of carbonyl (C=O) groups excluding carboxylic acids is 1. The van der Waals surface area contributed by atoms with Crippen LogP contribution in [0.2, 0.25) is 0 Å². The van der Waals surface area contributed by atoms with Gasteiger partial charge in [0.2, 0.25) is 0 Å². The number of carbonyl (C=O) groups is 1. The van der Waals surface area contributed by atoms with Crippen LogP contribution in [0, 0.1) is 24.7 Å². The highest BCUT2D eigenvalue weighted by Gasteiger charge is 2.60. The minimum absolute atomic E-state index is 0.00715. The number of nitrogens with zero attached hydrogens (tertiary/aromatic N) is 1. The molecule has 2 saturated carbocycles. The van der Waals surface area contributed by atoms with Gasteiger partial charge in [-0.05, 0) is 50.5 Å². The Morgan fingerprint density at radius 2 is 2.12 bits per heavy atom. The van der Waals surface area contributed by atoms with Gasteiger partial charge in [0.05, 0.1) is 18.2 Å². The van der Waals surface area contributed by atoms with Crippen molar-refractivity contribution < 1.29 is 14.3 Å². The summed E-state index contributed by atoms with van der Waals surface area (Å²) < 4.78 is 5.98. The summed E-state index contributed by atoms with van der Waals surface area (Å²) in [5.74, 6) is 2.27. The molecule has 1 aromatic heterocycles. The fraction of sp³-hybridized carbons (Fsp3) is 0.550. The molecule has 3 fully saturated rings. The lowest BCUT2D eigenvalue weighted by Crippen LogP contribution is -2.48. The highest BCUT2D eigenvalue weighted by molar-refractivity contribution is 5.82. The molecule has 5 unspecified atom stereocenters. The number of fused-ring (bicyclic) bond motifs is 2. The average molecular weight is 340 g/mol. The van der Waals surface area contributed by atoms with E-state index in [0.717, 1.165) is 41.7 Å². The van der Waals surface area contributed by atoms with Crippen LogP contribution in [0.4, 0.5) is 4.79 Å². The molecule has 0 spiro atoms. The van der Waals surface area contributed by atoms with Gasteiger partial charge in [0.15, 0.2) is 0 Å². The fourth-order valence-corrected chi connectivity index (χ4v) is 5.59. The van der Waals surface area contributed by atoms with E-state index in [2.05, 4.69) is 5.32 Å². The lowest BCUT2D eigenvalue weighted by atomic mass is 9.88. The van der Waals surface area contributed by atoms with Gasteiger partial charge in [-0.2, -0.15) is 0 Å². The fourth-order valence-electron chi connectivity index (χ4n) is 5.59. The first-order valence-electron chi connectivity index (χ1n) is 9.28. The van der Waals surface area contributed by atoms with E-state index in [1.165, 1.54) is 0 Å². The standard InChI is InChI=1S/C20H24N2O3/c1-10-14-5-3-4-6-16(14)25-19(10)11(2)21-20(24)22-9-13-7-12-8-15(13)17(22)18(12)23/h3-6,11-13,15,17-18,23H,7-9H2,1-2H3,(H,21,24)/t11-,12?,13?,15?,17?,18?/m1/s1. The predicted molar refractivity (Wildman–Crippen MR) is 94.1 cm³/mol. The zero-order chi connectivity index (χ0) is 17.3. The molecule has 2 heterocycles. The Bertz CT molecular complexity index is 843. The van der Waals surface area contributed by atoms with Gasteiger partial charge in [-0.1, -0.05) is 18.2 Å². The highest BCUT2D eigenvalue weighted by atomic mass is 16.3. The van der Waals surface area contributed by atoms with Crippen molar-refractivity contribution in [2.75, 3.05) is 6.54 Å². The summed E-state index contributed by atoms with van der Waals surface area (Å²) in [5, 5.41) is 14.7. The first kappa shape index (κ1) is 15.3. The number of aliphatic hydroxyl groups is 1. The maximum atomic E-state index is 12.9. The first-order valence-corrected chi connectivity index (χ1v) is 9.28. The molecule has 132 valence electrons. The molecule has 5 nitrogen and oxygen atoms in total. The molecule has 0 radical (unpaired) electrons. The third kappa shape index (κ3) is 2.08. The van der Waals surface area contributed by atoms with Gasteiger partial charge in [-0.3, -0.25) is 0 Å². The van der Waals surface area contributed by atoms with Crippen LogP contribution in [0.3, 0.4) is 0 Å². The summed E-state index contributed by atoms with van der Waals surface area (Å²) in [6, 6.07) is 7.67. The minimum atomic E-state index is -0.349. The third-order valence-electron chi connectivity index (χ3n) is 6.72. The molecule has 3 aliphatic rings. The number of likely N-dealkylation sites (tertiary alicyclic amines) is 1. The molecule has 2 aromatic rings. The molecule has 5 rings (SSSR count). The van der Waals surface area contributed by atoms with Crippen molar-refractivity contribution in [1.82, 2.24) is 10.2 Å². The second-order valence-electron chi connectivity index (χ2n) is 8.05. The van der Waals surface area contributed by atoms with Gasteiger partial charge in [0.25, 0.3) is 0 Å². The van der Waals surface area contributed by atoms with Gasteiger partial charge in [-0.15, -0.1) is 0 Å². The van der Waals surface area contributed by atoms with Gasteiger partial charge < -0.3 is 19.7 Å². The lowest BCUT2D eigenvalue weighted by molar-refractivity contribution is 0.0604. The Balaban J connectivity index is 1.36. The lowest BCUT2D eigenvalue weighted by Gasteiger charge is -2.29. The van der Waals surface area contributed by atoms with E-state index in [4.69, 9.17) is 4.42 Å². The summed E-state index contributed by atoms with van der Waals surface area (Å²) >= 11 is 0. The second-order valence-corrected chi connectivity index (χ2v) is 8.05. The zero-order valence-electron chi connectivity index (χ0n) is 14.6. The summed E-state index contributed by atoms with van der Waals surface area (Å²) in [6.45, 7) is 4.77. The first-order chi connectivity index (χ1) is 12.0. The SMILES string of the molecule is Cc1c([C@@H](C)NC(=O)N2CC3CC4CC3C2C4O)oc2ccccc12. The molecule has 1 saturated heterocycles. The van der Waals surface area contributed by atoms with E-state index in [9.17, 15) is 9.90 Å². The van der Waals surface area contributed by atoms with Gasteiger partial charge in [-0.25, -0.2) is 4.79 Å². The summed E-state index contributed by atoms with van der Waals surface area (Å²) in [6.07, 6.45) is 1.81. The number of aryl methyl sites for hydroxylation is 1. The molecule has 5 heteroatoms. The van der Waals surface area contributed by atoms with Crippen LogP contribution >= 0.6 is 0 Å². The number of aliphatic hydroxyl groups excluding tert-OH is 1. The van der Waals surface area contributed by atoms with Crippen molar-refractivity contribution in [3.63, 3.8) is 0 Å². The Hall–Kier alpha value is -2.01. The van der Waals surface area contributed by atoms with Crippen LogP contribution in [-0.2, 0) is 0 Å². The Labute approximate surface area is 147 Å². The van der Waals surface area contributed by atoms with Crippen LogP contribution in [0.25, 0.3) is 11.0 Å². The molecular weight excluding hydrogens is 316 g/mol. The summed E-state index contributed by atoms with van der Waals surface area (Å²) in [7, 11) is 0.